The minimum Gasteiger partial charge on any atom is -0.305 e. The molecular formula is C114H86FIr4N11-8. The van der Waals surface area contributed by atoms with Crippen LogP contribution in [0.4, 0.5) is 4.39 Å². The molecule has 0 aliphatic carbocycles. The van der Waals surface area contributed by atoms with Crippen LogP contribution in [-0.4, -0.2) is 54.8 Å². The number of halogens is 1. The Morgan fingerprint density at radius 3 is 0.892 bits per heavy atom. The van der Waals surface area contributed by atoms with E-state index in [1.807, 2.05) is 340 Å². The van der Waals surface area contributed by atoms with E-state index in [0.29, 0.717) is 5.56 Å². The van der Waals surface area contributed by atoms with Gasteiger partial charge in [0.05, 0.1) is 5.69 Å². The molecule has 0 aliphatic rings. The van der Waals surface area contributed by atoms with Crippen LogP contribution in [0.25, 0.3) is 135 Å². The molecule has 0 bridgehead atoms. The van der Waals surface area contributed by atoms with E-state index in [2.05, 4.69) is 115 Å². The van der Waals surface area contributed by atoms with Gasteiger partial charge in [-0.1, -0.05) is 123 Å². The van der Waals surface area contributed by atoms with Gasteiger partial charge < -0.3 is 39.9 Å². The second kappa shape index (κ2) is 55.7. The number of pyridine rings is 11. The van der Waals surface area contributed by atoms with E-state index in [9.17, 15) is 4.39 Å². The van der Waals surface area contributed by atoms with E-state index < -0.39 is 24.9 Å². The Morgan fingerprint density at radius 1 is 0.254 bits per heavy atom. The van der Waals surface area contributed by atoms with Gasteiger partial charge in [-0.15, -0.1) is 287 Å². The van der Waals surface area contributed by atoms with Crippen molar-refractivity contribution >= 4 is 0 Å². The standard InChI is InChI=1S/C21H19FN.3C16H11N2.C12H10N.3C11H8N.4Ir/c1-15(2)12-19-13-17(8-9-20(19)22)18-10-11-23-21(14-18)16-6-4-3-5-7-16;1-2-6-13(7-3-1)16-10-9-14(12-18-16)15-8-4-5-11-17-15;1-2-5-13(6-3-1)16-9-8-15(12-18-16)14-7-4-10-17-11-14;1-2-4-14(5-3-1)16-7-6-15(12-18-16)13-8-10-17-11-9-13;1-10-7-8-12(13-9-10)11-5-3-2-4-6-11;3*1-2-6-10(7-3-1)11-8-4-5-9-12-11;;;;/h3-6,8-11,13-15H,12H2,1-2H3;1-6,8-12H;1-5,7-12H;1-4,6-12H;2-5,7-9H,1H3;3*1-6,8-9H;;;;/q8*-1;;;;/i12D2,15D;;;;1D3;;;;;;;. The zero-order valence-corrected chi connectivity index (χ0v) is 79.9. The van der Waals surface area contributed by atoms with Crippen LogP contribution in [0.3, 0.4) is 0 Å². The van der Waals surface area contributed by atoms with Crippen LogP contribution >= 0.6 is 0 Å². The number of aromatic nitrogens is 11. The van der Waals surface area contributed by atoms with Crippen molar-refractivity contribution in [2.45, 2.75) is 27.1 Å². The molecule has 0 atom stereocenters. The van der Waals surface area contributed by atoms with Gasteiger partial charge in [0.15, 0.2) is 0 Å². The summed E-state index contributed by atoms with van der Waals surface area (Å²) in [6, 6.07) is 142. The Morgan fingerprint density at radius 2 is 0.569 bits per heavy atom. The van der Waals surface area contributed by atoms with Crippen LogP contribution < -0.4 is 0 Å². The Hall–Kier alpha value is -13.8. The maximum atomic E-state index is 14.3. The second-order valence-corrected chi connectivity index (χ2v) is 27.5. The maximum absolute atomic E-state index is 14.3. The molecule has 16 heteroatoms. The molecule has 11 nitrogen and oxygen atoms in total. The third-order valence-electron chi connectivity index (χ3n) is 18.3. The largest absolute Gasteiger partial charge is 0.305 e. The van der Waals surface area contributed by atoms with Gasteiger partial charge in [-0.05, 0) is 170 Å². The number of nitrogens with zero attached hydrogens (tertiary/aromatic N) is 11. The molecule has 0 aliphatic heterocycles. The van der Waals surface area contributed by atoms with E-state index in [1.165, 1.54) is 32.2 Å². The summed E-state index contributed by atoms with van der Waals surface area (Å²) in [5.41, 5.74) is 23.0. The van der Waals surface area contributed by atoms with E-state index in [0.717, 1.165) is 129 Å². The molecule has 20 aromatic rings. The number of hydrogen-bond donors (Lipinski definition) is 0. The van der Waals surface area contributed by atoms with Crippen LogP contribution in [0.15, 0.2) is 451 Å². The van der Waals surface area contributed by atoms with Gasteiger partial charge in [0, 0.05) is 180 Å². The van der Waals surface area contributed by atoms with Gasteiger partial charge in [0.2, 0.25) is 0 Å². The first-order chi connectivity index (χ1) is 64.5. The van der Waals surface area contributed by atoms with Crippen LogP contribution in [0, 0.1) is 67.1 Å². The van der Waals surface area contributed by atoms with E-state index in [4.69, 9.17) is 8.22 Å². The van der Waals surface area contributed by atoms with Crippen LogP contribution in [0.1, 0.15) is 33.2 Å². The molecule has 4 radical (unpaired) electrons. The molecule has 11 aromatic heterocycles. The van der Waals surface area contributed by atoms with Crippen molar-refractivity contribution in [3.63, 3.8) is 0 Å². The molecule has 130 heavy (non-hydrogen) atoms. The van der Waals surface area contributed by atoms with Crippen molar-refractivity contribution in [2.75, 3.05) is 0 Å². The number of benzene rings is 9. The Balaban J connectivity index is 0.000000176. The molecule has 0 fully saturated rings. The molecule has 11 heterocycles. The van der Waals surface area contributed by atoms with Crippen LogP contribution in [0.5, 0.6) is 0 Å². The molecule has 648 valence electrons. The smallest absolute Gasteiger partial charge is 0.126 e. The minimum atomic E-state index is -2.13. The molecule has 9 aromatic carbocycles. The van der Waals surface area contributed by atoms with Crippen molar-refractivity contribution in [3.8, 4) is 135 Å². The SMILES string of the molecule is [2H]C(C)(C)C([2H])([2H])c1cc(-c2ccnc(-c3[c-]cccc3)c2)ccc1F.[2H]C([2H])([2H])c1ccc(-c2[c-]cccc2)nc1.[Ir].[Ir].[Ir].[Ir].[c-]1ccccc1-c1ccc(-c2ccccn2)cn1.[c-]1ccccc1-c1ccc(-c2cccnc2)cn1.[c-]1ccccc1-c1ccc(-c2ccncc2)cn1.[c-]1ccccc1-c1ccccn1.[c-]1ccccc1-c1ccccn1.[c-]1ccccc1-c1ccccn1. The van der Waals surface area contributed by atoms with E-state index >= 15 is 0 Å². The van der Waals surface area contributed by atoms with Crippen molar-refractivity contribution in [1.82, 2.24) is 54.8 Å². The quantitative estimate of drug-likeness (QED) is 0.0960. The van der Waals surface area contributed by atoms with Gasteiger partial charge in [0.25, 0.3) is 0 Å². The summed E-state index contributed by atoms with van der Waals surface area (Å²) in [5.74, 6) is -2.13. The Labute approximate surface area is 824 Å². The average Bonchev–Trinajstić information content (AvgIpc) is 0.770. The van der Waals surface area contributed by atoms with Gasteiger partial charge in [0.1, 0.15) is 5.82 Å². The summed E-state index contributed by atoms with van der Waals surface area (Å²) in [6.45, 7) is 0.787. The first-order valence-corrected chi connectivity index (χ1v) is 40.3. The third kappa shape index (κ3) is 32.2. The van der Waals surface area contributed by atoms with Gasteiger partial charge in [-0.2, -0.15) is 0 Å². The zero-order valence-electron chi connectivity index (χ0n) is 76.4. The summed E-state index contributed by atoms with van der Waals surface area (Å²) in [7, 11) is 0. The monoisotopic (exact) mass is 2410 g/mol. The molecule has 0 amide bonds. The topological polar surface area (TPSA) is 142 Å². The number of hydrogen-bond acceptors (Lipinski definition) is 11. The average molecular weight is 2400 g/mol. The third-order valence-corrected chi connectivity index (χ3v) is 18.3. The van der Waals surface area contributed by atoms with Crippen LogP contribution in [0.2, 0.25) is 0 Å². The fourth-order valence-corrected chi connectivity index (χ4v) is 12.1. The normalized spacial score (nSPS) is 10.8. The van der Waals surface area contributed by atoms with E-state index in [1.54, 1.807) is 79.9 Å². The predicted octanol–water partition coefficient (Wildman–Crippen LogP) is 26.9. The maximum Gasteiger partial charge on any atom is 0.126 e. The molecule has 0 saturated heterocycles. The summed E-state index contributed by atoms with van der Waals surface area (Å²) in [6.07, 6.45) is 20.9. The molecule has 0 saturated carbocycles. The summed E-state index contributed by atoms with van der Waals surface area (Å²) >= 11 is 0. The van der Waals surface area contributed by atoms with Crippen molar-refractivity contribution in [2.24, 2.45) is 5.89 Å². The molecule has 20 rings (SSSR count). The minimum absolute atomic E-state index is 0. The Bertz CT molecular complexity index is 5980. The Kier molecular flexibility index (Phi) is 39.0. The van der Waals surface area contributed by atoms with Gasteiger partial charge >= 0.3 is 0 Å². The number of rotatable bonds is 14. The van der Waals surface area contributed by atoms with E-state index in [-0.39, 0.29) is 91.5 Å². The predicted molar refractivity (Wildman–Crippen MR) is 506 cm³/mol. The van der Waals surface area contributed by atoms with Gasteiger partial charge in [-0.25, -0.2) is 4.39 Å². The summed E-state index contributed by atoms with van der Waals surface area (Å²) < 4.78 is 60.5. The fraction of sp³-hybridized carbons (Fsp3) is 0.0439. The van der Waals surface area contributed by atoms with Crippen molar-refractivity contribution < 1.29 is 93.0 Å². The van der Waals surface area contributed by atoms with Crippen molar-refractivity contribution in [1.29, 1.82) is 0 Å². The van der Waals surface area contributed by atoms with Crippen molar-refractivity contribution in [3.05, 3.63) is 516 Å². The molecular weight excluding hydrogens is 2310 g/mol. The first-order valence-electron chi connectivity index (χ1n) is 43.3. The van der Waals surface area contributed by atoms with Gasteiger partial charge in [-0.3, -0.25) is 15.0 Å². The summed E-state index contributed by atoms with van der Waals surface area (Å²) in [4.78, 5) is 46.9. The molecule has 0 unspecified atom stereocenters. The number of aryl methyl sites for hydroxylation is 1. The second-order valence-electron chi connectivity index (χ2n) is 27.5. The molecule has 0 N–H and O–H groups in total. The fourth-order valence-electron chi connectivity index (χ4n) is 12.1. The van der Waals surface area contributed by atoms with Crippen LogP contribution in [-0.2, 0) is 86.8 Å². The first kappa shape index (κ1) is 90.9. The molecule has 0 spiro atoms. The summed E-state index contributed by atoms with van der Waals surface area (Å²) in [5, 5.41) is 0. The zero-order chi connectivity index (χ0) is 91.8.